The van der Waals surface area contributed by atoms with Crippen molar-refractivity contribution in [3.8, 4) is 5.75 Å². The molecule has 3 aromatic rings. The highest BCUT2D eigenvalue weighted by Gasteiger charge is 2.16. The average molecular weight is 378 g/mol. The number of aliphatic carboxylic acids is 1. The molecule has 0 saturated carbocycles. The number of hydrogen-bond acceptors (Lipinski definition) is 3. The van der Waals surface area contributed by atoms with Gasteiger partial charge in [-0.25, -0.2) is 0 Å². The fourth-order valence-electron chi connectivity index (χ4n) is 2.72. The van der Waals surface area contributed by atoms with E-state index in [0.29, 0.717) is 6.61 Å². The molecule has 3 rings (SSSR count). The van der Waals surface area contributed by atoms with E-state index in [1.165, 1.54) is 0 Å². The Morgan fingerprint density at radius 2 is 1.48 bits per heavy atom. The fourth-order valence-corrected chi connectivity index (χ4v) is 3.92. The topological polar surface area (TPSA) is 46.5 Å². The van der Waals surface area contributed by atoms with E-state index in [9.17, 15) is 9.90 Å². The first-order valence-electron chi connectivity index (χ1n) is 8.85. The number of ether oxygens (including phenoxy) is 1. The van der Waals surface area contributed by atoms with Gasteiger partial charge >= 0.3 is 5.97 Å². The molecule has 0 aliphatic carbocycles. The van der Waals surface area contributed by atoms with Crippen molar-refractivity contribution in [2.24, 2.45) is 0 Å². The Hall–Kier alpha value is -2.72. The van der Waals surface area contributed by atoms with Crippen LogP contribution in [0, 0.1) is 0 Å². The maximum Gasteiger partial charge on any atom is 0.304 e. The number of carboxylic acid groups (broad SMARTS) is 1. The first-order chi connectivity index (χ1) is 13.2. The largest absolute Gasteiger partial charge is 0.489 e. The van der Waals surface area contributed by atoms with Gasteiger partial charge in [0.25, 0.3) is 0 Å². The molecule has 27 heavy (non-hydrogen) atoms. The van der Waals surface area contributed by atoms with Crippen molar-refractivity contribution in [3.63, 3.8) is 0 Å². The number of hydrogen-bond donors (Lipinski definition) is 1. The van der Waals surface area contributed by atoms with E-state index in [-0.39, 0.29) is 11.7 Å². The molecule has 3 nitrogen and oxygen atoms in total. The van der Waals surface area contributed by atoms with E-state index in [2.05, 4.69) is 0 Å². The second-order valence-corrected chi connectivity index (χ2v) is 7.42. The van der Waals surface area contributed by atoms with Crippen molar-refractivity contribution in [1.82, 2.24) is 0 Å². The van der Waals surface area contributed by atoms with Gasteiger partial charge < -0.3 is 9.84 Å². The van der Waals surface area contributed by atoms with Crippen molar-refractivity contribution in [2.45, 2.75) is 24.0 Å². The molecule has 0 heterocycles. The molecular weight excluding hydrogens is 356 g/mol. The Kier molecular flexibility index (Phi) is 6.94. The van der Waals surface area contributed by atoms with Gasteiger partial charge in [0.15, 0.2) is 0 Å². The third kappa shape index (κ3) is 6.19. The molecule has 4 heteroatoms. The van der Waals surface area contributed by atoms with Crippen molar-refractivity contribution in [2.75, 3.05) is 0 Å². The molecule has 3 aromatic carbocycles. The van der Waals surface area contributed by atoms with E-state index in [4.69, 9.17) is 4.74 Å². The van der Waals surface area contributed by atoms with Crippen LogP contribution in [0.4, 0.5) is 0 Å². The quantitative estimate of drug-likeness (QED) is 0.518. The molecule has 0 aliphatic rings. The van der Waals surface area contributed by atoms with Crippen LogP contribution < -0.4 is 4.74 Å². The lowest BCUT2D eigenvalue weighted by atomic mass is 10.1. The summed E-state index contributed by atoms with van der Waals surface area (Å²) in [7, 11) is 0. The van der Waals surface area contributed by atoms with Gasteiger partial charge in [0, 0.05) is 11.0 Å². The van der Waals surface area contributed by atoms with Gasteiger partial charge in [-0.15, -0.1) is 11.8 Å². The Morgan fingerprint density at radius 1 is 0.852 bits per heavy atom. The number of benzene rings is 3. The van der Waals surface area contributed by atoms with Crippen LogP contribution in [0.2, 0.25) is 0 Å². The minimum absolute atomic E-state index is 0.0577. The summed E-state index contributed by atoms with van der Waals surface area (Å²) < 4.78 is 5.81. The lowest BCUT2D eigenvalue weighted by Gasteiger charge is -2.15. The maximum atomic E-state index is 11.2. The molecule has 0 radical (unpaired) electrons. The van der Waals surface area contributed by atoms with E-state index in [1.54, 1.807) is 11.8 Å². The van der Waals surface area contributed by atoms with Crippen LogP contribution in [-0.4, -0.2) is 11.1 Å². The molecular formula is C23H22O3S. The van der Waals surface area contributed by atoms with Gasteiger partial charge in [0.2, 0.25) is 0 Å². The lowest BCUT2D eigenvalue weighted by molar-refractivity contribution is -0.137. The summed E-state index contributed by atoms with van der Waals surface area (Å²) in [4.78, 5) is 11.2. The highest BCUT2D eigenvalue weighted by Crippen LogP contribution is 2.34. The molecule has 0 amide bonds. The molecule has 0 aromatic heterocycles. The molecule has 0 bridgehead atoms. The average Bonchev–Trinajstić information content (AvgIpc) is 2.71. The molecule has 0 unspecified atom stereocenters. The highest BCUT2D eigenvalue weighted by atomic mass is 32.2. The van der Waals surface area contributed by atoms with Gasteiger partial charge in [0.05, 0.1) is 6.42 Å². The van der Waals surface area contributed by atoms with Crippen molar-refractivity contribution >= 4 is 17.7 Å². The molecule has 1 atom stereocenters. The first-order valence-corrected chi connectivity index (χ1v) is 9.89. The number of rotatable bonds is 9. The second-order valence-electron chi connectivity index (χ2n) is 6.23. The van der Waals surface area contributed by atoms with Crippen LogP contribution >= 0.6 is 11.8 Å². The van der Waals surface area contributed by atoms with Gasteiger partial charge in [-0.05, 0) is 28.8 Å². The third-order valence-electron chi connectivity index (χ3n) is 4.15. The smallest absolute Gasteiger partial charge is 0.304 e. The van der Waals surface area contributed by atoms with E-state index in [1.807, 2.05) is 84.9 Å². The summed E-state index contributed by atoms with van der Waals surface area (Å²) in [5, 5.41) is 9.14. The minimum atomic E-state index is -0.777. The van der Waals surface area contributed by atoms with Crippen LogP contribution in [0.15, 0.2) is 84.9 Å². The molecule has 0 spiro atoms. The fraction of sp³-hybridized carbons (Fsp3) is 0.174. The van der Waals surface area contributed by atoms with Gasteiger partial charge in [-0.3, -0.25) is 4.79 Å². The minimum Gasteiger partial charge on any atom is -0.489 e. The van der Waals surface area contributed by atoms with Crippen LogP contribution in [0.25, 0.3) is 0 Å². The summed E-state index contributed by atoms with van der Waals surface area (Å²) in [5.74, 6) is 0.810. The SMILES string of the molecule is O=C(O)C[C@H](SCc1ccc(OCc2ccccc2)cc1)c1ccccc1. The van der Waals surface area contributed by atoms with Crippen molar-refractivity contribution in [1.29, 1.82) is 0 Å². The number of thioether (sulfide) groups is 1. The molecule has 138 valence electrons. The predicted octanol–water partition coefficient (Wildman–Crippen LogP) is 5.71. The van der Waals surface area contributed by atoms with Crippen LogP contribution in [-0.2, 0) is 17.2 Å². The summed E-state index contributed by atoms with van der Waals surface area (Å²) in [6.45, 7) is 0.545. The Balaban J connectivity index is 1.56. The van der Waals surface area contributed by atoms with Crippen molar-refractivity contribution < 1.29 is 14.6 Å². The summed E-state index contributed by atoms with van der Waals surface area (Å²) in [6, 6.07) is 27.9. The van der Waals surface area contributed by atoms with E-state index >= 15 is 0 Å². The van der Waals surface area contributed by atoms with E-state index < -0.39 is 5.97 Å². The van der Waals surface area contributed by atoms with Gasteiger partial charge in [-0.2, -0.15) is 0 Å². The molecule has 1 N–H and O–H groups in total. The monoisotopic (exact) mass is 378 g/mol. The summed E-state index contributed by atoms with van der Waals surface area (Å²) in [6.07, 6.45) is 0.118. The number of carboxylic acids is 1. The maximum absolute atomic E-state index is 11.2. The van der Waals surface area contributed by atoms with Crippen LogP contribution in [0.5, 0.6) is 5.75 Å². The molecule has 0 saturated heterocycles. The zero-order chi connectivity index (χ0) is 18.9. The summed E-state index contributed by atoms with van der Waals surface area (Å²) >= 11 is 1.65. The zero-order valence-electron chi connectivity index (χ0n) is 15.0. The van der Waals surface area contributed by atoms with Gasteiger partial charge in [0.1, 0.15) is 12.4 Å². The van der Waals surface area contributed by atoms with Crippen LogP contribution in [0.3, 0.4) is 0 Å². The van der Waals surface area contributed by atoms with Gasteiger partial charge in [-0.1, -0.05) is 72.8 Å². The number of carbonyl (C=O) groups is 1. The third-order valence-corrected chi connectivity index (χ3v) is 5.50. The Labute approximate surface area is 164 Å². The zero-order valence-corrected chi connectivity index (χ0v) is 15.8. The molecule has 0 fully saturated rings. The highest BCUT2D eigenvalue weighted by molar-refractivity contribution is 7.98. The summed E-state index contributed by atoms with van der Waals surface area (Å²) in [5.41, 5.74) is 3.34. The first kappa shape index (κ1) is 19.1. The van der Waals surface area contributed by atoms with Crippen molar-refractivity contribution in [3.05, 3.63) is 102 Å². The Morgan fingerprint density at radius 3 is 2.11 bits per heavy atom. The van der Waals surface area contributed by atoms with E-state index in [0.717, 1.165) is 28.2 Å². The predicted molar refractivity (Wildman–Crippen MR) is 110 cm³/mol. The second kappa shape index (κ2) is 9.83. The standard InChI is InChI=1S/C23H22O3S/c24-23(25)15-22(20-9-5-2-6-10-20)27-17-19-11-13-21(14-12-19)26-16-18-7-3-1-4-8-18/h1-14,22H,15-17H2,(H,24,25)/t22-/m0/s1. The lowest BCUT2D eigenvalue weighted by Crippen LogP contribution is -2.03. The Bertz CT molecular complexity index is 833. The molecule has 0 aliphatic heterocycles. The van der Waals surface area contributed by atoms with Crippen LogP contribution in [0.1, 0.15) is 28.4 Å². The normalized spacial score (nSPS) is 11.7.